The van der Waals surface area contributed by atoms with Crippen molar-refractivity contribution in [1.29, 1.82) is 0 Å². The van der Waals surface area contributed by atoms with Crippen LogP contribution in [0, 0.1) is 0 Å². The highest BCUT2D eigenvalue weighted by Crippen LogP contribution is 2.29. The predicted octanol–water partition coefficient (Wildman–Crippen LogP) is 4.18. The zero-order valence-electron chi connectivity index (χ0n) is 17.1. The van der Waals surface area contributed by atoms with Crippen LogP contribution in [0.2, 0.25) is 0 Å². The second-order valence-corrected chi connectivity index (χ2v) is 7.22. The summed E-state index contributed by atoms with van der Waals surface area (Å²) in [5, 5.41) is 2.94. The Morgan fingerprint density at radius 1 is 0.964 bits per heavy atom. The van der Waals surface area contributed by atoms with E-state index in [1.54, 1.807) is 32.4 Å². The van der Waals surface area contributed by atoms with Gasteiger partial charge in [0, 0.05) is 37.9 Å². The molecule has 2 aromatic rings. The average molecular weight is 383 g/mol. The van der Waals surface area contributed by atoms with Crippen molar-refractivity contribution in [1.82, 2.24) is 4.90 Å². The van der Waals surface area contributed by atoms with E-state index in [0.29, 0.717) is 36.2 Å². The van der Waals surface area contributed by atoms with Crippen LogP contribution in [0.3, 0.4) is 0 Å². The molecular formula is C22H29N3O3. The summed E-state index contributed by atoms with van der Waals surface area (Å²) in [6.45, 7) is 7.36. The molecule has 0 bridgehead atoms. The smallest absolute Gasteiger partial charge is 0.322 e. The highest BCUT2D eigenvalue weighted by molar-refractivity contribution is 5.91. The second-order valence-electron chi connectivity index (χ2n) is 7.22. The van der Waals surface area contributed by atoms with Gasteiger partial charge in [0.05, 0.1) is 19.9 Å². The molecule has 1 saturated heterocycles. The number of rotatable bonds is 5. The van der Waals surface area contributed by atoms with Gasteiger partial charge in [-0.05, 0) is 35.7 Å². The number of amides is 2. The van der Waals surface area contributed by atoms with Gasteiger partial charge < -0.3 is 24.6 Å². The molecule has 3 rings (SSSR count). The van der Waals surface area contributed by atoms with Crippen molar-refractivity contribution in [2.75, 3.05) is 50.6 Å². The molecule has 0 spiro atoms. The highest BCUT2D eigenvalue weighted by atomic mass is 16.5. The molecule has 6 heteroatoms. The summed E-state index contributed by atoms with van der Waals surface area (Å²) in [5.41, 5.74) is 3.16. The Labute approximate surface area is 167 Å². The third kappa shape index (κ3) is 4.50. The second kappa shape index (κ2) is 8.87. The number of nitrogens with one attached hydrogen (secondary N) is 1. The number of benzene rings is 2. The van der Waals surface area contributed by atoms with Crippen LogP contribution in [0.25, 0.3) is 0 Å². The third-order valence-electron chi connectivity index (χ3n) is 5.14. The lowest BCUT2D eigenvalue weighted by Crippen LogP contribution is -2.50. The Morgan fingerprint density at radius 2 is 1.64 bits per heavy atom. The van der Waals surface area contributed by atoms with E-state index in [9.17, 15) is 4.79 Å². The fourth-order valence-corrected chi connectivity index (χ4v) is 3.34. The maximum Gasteiger partial charge on any atom is 0.322 e. The zero-order chi connectivity index (χ0) is 20.1. The standard InChI is InChI=1S/C22H29N3O3/c1-16(2)17-5-7-18(8-6-17)24-11-13-25(14-12-24)22(26)23-20-15-19(27-3)9-10-21(20)28-4/h5-10,15-16H,11-14H2,1-4H3,(H,23,26). The van der Waals surface area contributed by atoms with E-state index in [4.69, 9.17) is 9.47 Å². The number of anilines is 2. The molecule has 2 aromatic carbocycles. The van der Waals surface area contributed by atoms with E-state index in [2.05, 4.69) is 48.3 Å². The minimum absolute atomic E-state index is 0.124. The molecular weight excluding hydrogens is 354 g/mol. The molecule has 0 aliphatic carbocycles. The van der Waals surface area contributed by atoms with E-state index >= 15 is 0 Å². The van der Waals surface area contributed by atoms with Crippen LogP contribution in [0.15, 0.2) is 42.5 Å². The summed E-state index contributed by atoms with van der Waals surface area (Å²) in [5.74, 6) is 1.81. The van der Waals surface area contributed by atoms with Gasteiger partial charge >= 0.3 is 6.03 Å². The predicted molar refractivity (Wildman–Crippen MR) is 113 cm³/mol. The molecule has 1 aliphatic heterocycles. The fourth-order valence-electron chi connectivity index (χ4n) is 3.34. The fraction of sp³-hybridized carbons (Fsp3) is 0.409. The lowest BCUT2D eigenvalue weighted by atomic mass is 10.0. The van der Waals surface area contributed by atoms with Crippen LogP contribution in [0.4, 0.5) is 16.2 Å². The molecule has 28 heavy (non-hydrogen) atoms. The van der Waals surface area contributed by atoms with E-state index < -0.39 is 0 Å². The van der Waals surface area contributed by atoms with Crippen molar-refractivity contribution < 1.29 is 14.3 Å². The molecule has 0 unspecified atom stereocenters. The molecule has 0 radical (unpaired) electrons. The Hall–Kier alpha value is -2.89. The van der Waals surface area contributed by atoms with Crippen molar-refractivity contribution >= 4 is 17.4 Å². The molecule has 1 fully saturated rings. The first kappa shape index (κ1) is 19.9. The van der Waals surface area contributed by atoms with Gasteiger partial charge in [0.2, 0.25) is 0 Å². The van der Waals surface area contributed by atoms with Gasteiger partial charge in [0.15, 0.2) is 0 Å². The van der Waals surface area contributed by atoms with Crippen molar-refractivity contribution in [2.45, 2.75) is 19.8 Å². The monoisotopic (exact) mass is 383 g/mol. The minimum atomic E-state index is -0.124. The van der Waals surface area contributed by atoms with Crippen LogP contribution >= 0.6 is 0 Å². The number of hydrogen-bond donors (Lipinski definition) is 1. The normalized spacial score (nSPS) is 14.2. The summed E-state index contributed by atoms with van der Waals surface area (Å²) >= 11 is 0. The summed E-state index contributed by atoms with van der Waals surface area (Å²) in [7, 11) is 3.18. The molecule has 0 aromatic heterocycles. The summed E-state index contributed by atoms with van der Waals surface area (Å²) in [6, 6.07) is 14.0. The maximum absolute atomic E-state index is 12.7. The summed E-state index contributed by atoms with van der Waals surface area (Å²) in [4.78, 5) is 16.8. The van der Waals surface area contributed by atoms with Gasteiger partial charge in [-0.15, -0.1) is 0 Å². The Kier molecular flexibility index (Phi) is 6.29. The van der Waals surface area contributed by atoms with Crippen LogP contribution in [0.1, 0.15) is 25.3 Å². The molecule has 0 atom stereocenters. The lowest BCUT2D eigenvalue weighted by molar-refractivity contribution is 0.208. The van der Waals surface area contributed by atoms with Crippen LogP contribution < -0.4 is 19.7 Å². The number of hydrogen-bond acceptors (Lipinski definition) is 4. The van der Waals surface area contributed by atoms with E-state index in [1.807, 2.05) is 4.90 Å². The number of piperazine rings is 1. The highest BCUT2D eigenvalue weighted by Gasteiger charge is 2.22. The van der Waals surface area contributed by atoms with E-state index in [0.717, 1.165) is 13.1 Å². The molecule has 1 heterocycles. The van der Waals surface area contributed by atoms with Crippen molar-refractivity contribution in [3.8, 4) is 11.5 Å². The third-order valence-corrected chi connectivity index (χ3v) is 5.14. The first-order chi connectivity index (χ1) is 13.5. The Bertz CT molecular complexity index is 797. The van der Waals surface area contributed by atoms with E-state index in [1.165, 1.54) is 11.3 Å². The van der Waals surface area contributed by atoms with Gasteiger partial charge in [-0.2, -0.15) is 0 Å². The lowest BCUT2D eigenvalue weighted by Gasteiger charge is -2.36. The minimum Gasteiger partial charge on any atom is -0.497 e. The van der Waals surface area contributed by atoms with Gasteiger partial charge in [-0.25, -0.2) is 4.79 Å². The number of urea groups is 1. The van der Waals surface area contributed by atoms with Crippen LogP contribution in [-0.2, 0) is 0 Å². The first-order valence-corrected chi connectivity index (χ1v) is 9.64. The first-order valence-electron chi connectivity index (χ1n) is 9.64. The number of nitrogens with zero attached hydrogens (tertiary/aromatic N) is 2. The number of ether oxygens (including phenoxy) is 2. The molecule has 6 nitrogen and oxygen atoms in total. The molecule has 1 N–H and O–H groups in total. The number of methoxy groups -OCH3 is 2. The zero-order valence-corrected chi connectivity index (χ0v) is 17.1. The largest absolute Gasteiger partial charge is 0.497 e. The van der Waals surface area contributed by atoms with Crippen molar-refractivity contribution in [2.24, 2.45) is 0 Å². The number of carbonyl (C=O) groups excluding carboxylic acids is 1. The summed E-state index contributed by atoms with van der Waals surface area (Å²) in [6.07, 6.45) is 0. The topological polar surface area (TPSA) is 54.0 Å². The van der Waals surface area contributed by atoms with Crippen molar-refractivity contribution in [3.05, 3.63) is 48.0 Å². The number of carbonyl (C=O) groups is 1. The van der Waals surface area contributed by atoms with Crippen LogP contribution in [-0.4, -0.2) is 51.3 Å². The van der Waals surface area contributed by atoms with Gasteiger partial charge in [-0.3, -0.25) is 0 Å². The SMILES string of the molecule is COc1ccc(OC)c(NC(=O)N2CCN(c3ccc(C(C)C)cc3)CC2)c1. The molecule has 0 saturated carbocycles. The van der Waals surface area contributed by atoms with Gasteiger partial charge in [-0.1, -0.05) is 26.0 Å². The Morgan fingerprint density at radius 3 is 2.21 bits per heavy atom. The maximum atomic E-state index is 12.7. The van der Waals surface area contributed by atoms with Crippen LogP contribution in [0.5, 0.6) is 11.5 Å². The molecule has 150 valence electrons. The van der Waals surface area contributed by atoms with E-state index in [-0.39, 0.29) is 6.03 Å². The van der Waals surface area contributed by atoms with Crippen molar-refractivity contribution in [3.63, 3.8) is 0 Å². The van der Waals surface area contributed by atoms with Gasteiger partial charge in [0.1, 0.15) is 11.5 Å². The summed E-state index contributed by atoms with van der Waals surface area (Å²) < 4.78 is 10.6. The quantitative estimate of drug-likeness (QED) is 0.841. The average Bonchev–Trinajstić information content (AvgIpc) is 2.73. The molecule has 2 amide bonds. The van der Waals surface area contributed by atoms with Gasteiger partial charge in [0.25, 0.3) is 0 Å². The molecule has 1 aliphatic rings. The Balaban J connectivity index is 1.59.